The minimum atomic E-state index is -0.179. The zero-order valence-corrected chi connectivity index (χ0v) is 13.0. The molecular formula is C16H14N4O4. The molecule has 2 N–H and O–H groups in total. The number of anilines is 1. The number of ether oxygens (including phenoxy) is 1. The highest BCUT2D eigenvalue weighted by Gasteiger charge is 2.15. The summed E-state index contributed by atoms with van der Waals surface area (Å²) in [4.78, 5) is 19.4. The fraction of sp³-hybridized carbons (Fsp3) is 0.125. The molecule has 0 aliphatic rings. The number of pyridine rings is 1. The zero-order valence-electron chi connectivity index (χ0n) is 13.0. The maximum absolute atomic E-state index is 11.0. The highest BCUT2D eigenvalue weighted by molar-refractivity contribution is 5.88. The number of aromatic nitrogens is 3. The molecule has 2 aromatic heterocycles. The summed E-state index contributed by atoms with van der Waals surface area (Å²) >= 11 is 0. The predicted octanol–water partition coefficient (Wildman–Crippen LogP) is 2.47. The Balaban J connectivity index is 1.86. The summed E-state index contributed by atoms with van der Waals surface area (Å²) in [5, 5.41) is 16.5. The third-order valence-corrected chi connectivity index (χ3v) is 3.17. The van der Waals surface area contributed by atoms with E-state index in [0.29, 0.717) is 22.7 Å². The molecule has 0 fully saturated rings. The highest BCUT2D eigenvalue weighted by atomic mass is 16.5. The van der Waals surface area contributed by atoms with Crippen molar-refractivity contribution in [1.29, 1.82) is 0 Å². The number of amides is 1. The lowest BCUT2D eigenvalue weighted by Gasteiger charge is -2.02. The number of phenols is 1. The minimum Gasteiger partial charge on any atom is -0.507 e. The van der Waals surface area contributed by atoms with Gasteiger partial charge in [-0.25, -0.2) is 0 Å². The molecule has 1 amide bonds. The van der Waals surface area contributed by atoms with Crippen molar-refractivity contribution >= 4 is 11.6 Å². The standard InChI is InChI=1S/C16H14N4O4/c1-9(21)18-10-3-6-13(17-8-10)15-19-16(24-20-15)12-5-4-11(23-2)7-14(12)22/h3-8,22H,1-2H3,(H,18,21). The molecule has 0 saturated carbocycles. The van der Waals surface area contributed by atoms with E-state index in [1.54, 1.807) is 24.3 Å². The van der Waals surface area contributed by atoms with Crippen molar-refractivity contribution in [2.75, 3.05) is 12.4 Å². The number of methoxy groups -OCH3 is 1. The summed E-state index contributed by atoms with van der Waals surface area (Å²) in [6, 6.07) is 8.11. The molecule has 8 heteroatoms. The largest absolute Gasteiger partial charge is 0.507 e. The van der Waals surface area contributed by atoms with E-state index in [4.69, 9.17) is 9.26 Å². The lowest BCUT2D eigenvalue weighted by Crippen LogP contribution is -2.05. The third-order valence-electron chi connectivity index (χ3n) is 3.17. The van der Waals surface area contributed by atoms with E-state index in [-0.39, 0.29) is 23.4 Å². The van der Waals surface area contributed by atoms with Crippen LogP contribution in [0.4, 0.5) is 5.69 Å². The third kappa shape index (κ3) is 3.17. The first kappa shape index (κ1) is 15.5. The molecule has 3 rings (SSSR count). The number of carbonyl (C=O) groups is 1. The second-order valence-electron chi connectivity index (χ2n) is 4.92. The summed E-state index contributed by atoms with van der Waals surface area (Å²) in [6.45, 7) is 1.42. The van der Waals surface area contributed by atoms with Gasteiger partial charge in [-0.05, 0) is 24.3 Å². The Kier molecular flexibility index (Phi) is 4.11. The van der Waals surface area contributed by atoms with Gasteiger partial charge in [0.15, 0.2) is 0 Å². The van der Waals surface area contributed by atoms with Gasteiger partial charge in [-0.2, -0.15) is 4.98 Å². The van der Waals surface area contributed by atoms with Crippen LogP contribution in [-0.4, -0.2) is 33.2 Å². The Morgan fingerprint density at radius 1 is 1.29 bits per heavy atom. The van der Waals surface area contributed by atoms with E-state index < -0.39 is 0 Å². The van der Waals surface area contributed by atoms with Crippen molar-refractivity contribution in [2.45, 2.75) is 6.92 Å². The van der Waals surface area contributed by atoms with Gasteiger partial charge in [0.05, 0.1) is 24.6 Å². The molecule has 0 saturated heterocycles. The Hall–Kier alpha value is -3.42. The summed E-state index contributed by atoms with van der Waals surface area (Å²) in [7, 11) is 1.51. The van der Waals surface area contributed by atoms with E-state index in [2.05, 4.69) is 20.4 Å². The molecule has 2 heterocycles. The molecule has 1 aromatic carbocycles. The average Bonchev–Trinajstić information content (AvgIpc) is 3.04. The lowest BCUT2D eigenvalue weighted by molar-refractivity contribution is -0.114. The Morgan fingerprint density at radius 2 is 2.12 bits per heavy atom. The fourth-order valence-electron chi connectivity index (χ4n) is 2.06. The molecule has 0 unspecified atom stereocenters. The summed E-state index contributed by atoms with van der Waals surface area (Å²) in [5.41, 5.74) is 1.44. The van der Waals surface area contributed by atoms with E-state index in [9.17, 15) is 9.90 Å². The van der Waals surface area contributed by atoms with E-state index >= 15 is 0 Å². The van der Waals surface area contributed by atoms with Crippen LogP contribution in [-0.2, 0) is 4.79 Å². The molecule has 0 atom stereocenters. The topological polar surface area (TPSA) is 110 Å². The van der Waals surface area contributed by atoms with Crippen LogP contribution >= 0.6 is 0 Å². The number of rotatable bonds is 4. The van der Waals surface area contributed by atoms with Gasteiger partial charge in [0, 0.05) is 13.0 Å². The number of aromatic hydroxyl groups is 1. The average molecular weight is 326 g/mol. The van der Waals surface area contributed by atoms with Gasteiger partial charge in [-0.3, -0.25) is 9.78 Å². The van der Waals surface area contributed by atoms with Crippen molar-refractivity contribution in [3.8, 4) is 34.5 Å². The zero-order chi connectivity index (χ0) is 17.1. The number of carbonyl (C=O) groups excluding carboxylic acids is 1. The van der Waals surface area contributed by atoms with Gasteiger partial charge in [0.25, 0.3) is 5.89 Å². The number of benzene rings is 1. The number of hydrogen-bond acceptors (Lipinski definition) is 7. The quantitative estimate of drug-likeness (QED) is 0.757. The second kappa shape index (κ2) is 6.37. The normalized spacial score (nSPS) is 10.4. The molecule has 0 bridgehead atoms. The molecule has 8 nitrogen and oxygen atoms in total. The Bertz CT molecular complexity index is 874. The van der Waals surface area contributed by atoms with Gasteiger partial charge < -0.3 is 19.7 Å². The van der Waals surface area contributed by atoms with Crippen molar-refractivity contribution < 1.29 is 19.2 Å². The van der Waals surface area contributed by atoms with Crippen LogP contribution in [0.15, 0.2) is 41.1 Å². The molecule has 3 aromatic rings. The minimum absolute atomic E-state index is 0.0292. The first-order valence-electron chi connectivity index (χ1n) is 7.02. The lowest BCUT2D eigenvalue weighted by atomic mass is 10.2. The molecule has 0 aliphatic heterocycles. The monoisotopic (exact) mass is 326 g/mol. The van der Waals surface area contributed by atoms with E-state index in [1.165, 1.54) is 26.3 Å². The Labute approximate surface area is 137 Å². The van der Waals surface area contributed by atoms with Gasteiger partial charge >= 0.3 is 0 Å². The van der Waals surface area contributed by atoms with Crippen molar-refractivity contribution in [3.05, 3.63) is 36.5 Å². The molecule has 24 heavy (non-hydrogen) atoms. The first-order chi connectivity index (χ1) is 11.6. The van der Waals surface area contributed by atoms with Gasteiger partial charge in [0.1, 0.15) is 17.2 Å². The molecular weight excluding hydrogens is 312 g/mol. The smallest absolute Gasteiger partial charge is 0.262 e. The Morgan fingerprint density at radius 3 is 2.75 bits per heavy atom. The molecule has 0 spiro atoms. The number of nitrogens with one attached hydrogen (secondary N) is 1. The maximum Gasteiger partial charge on any atom is 0.262 e. The van der Waals surface area contributed by atoms with Crippen molar-refractivity contribution in [1.82, 2.24) is 15.1 Å². The number of hydrogen-bond donors (Lipinski definition) is 2. The van der Waals surface area contributed by atoms with Crippen LogP contribution in [0.25, 0.3) is 23.0 Å². The van der Waals surface area contributed by atoms with Crippen LogP contribution < -0.4 is 10.1 Å². The van der Waals surface area contributed by atoms with E-state index in [1.807, 2.05) is 0 Å². The number of nitrogens with zero attached hydrogens (tertiary/aromatic N) is 3. The summed E-state index contributed by atoms with van der Waals surface area (Å²) in [5.74, 6) is 0.749. The molecule has 0 radical (unpaired) electrons. The maximum atomic E-state index is 11.0. The second-order valence-corrected chi connectivity index (χ2v) is 4.92. The SMILES string of the molecule is COc1ccc(-c2nc(-c3ccc(NC(C)=O)cn3)no2)c(O)c1. The van der Waals surface area contributed by atoms with Gasteiger partial charge in [-0.1, -0.05) is 5.16 Å². The van der Waals surface area contributed by atoms with Gasteiger partial charge in [-0.15, -0.1) is 0 Å². The van der Waals surface area contributed by atoms with Gasteiger partial charge in [0.2, 0.25) is 11.7 Å². The molecule has 122 valence electrons. The van der Waals surface area contributed by atoms with Crippen LogP contribution in [0.3, 0.4) is 0 Å². The van der Waals surface area contributed by atoms with Crippen LogP contribution in [0.1, 0.15) is 6.92 Å². The van der Waals surface area contributed by atoms with Crippen LogP contribution in [0, 0.1) is 0 Å². The summed E-state index contributed by atoms with van der Waals surface area (Å²) in [6.07, 6.45) is 1.50. The van der Waals surface area contributed by atoms with Crippen molar-refractivity contribution in [2.24, 2.45) is 0 Å². The predicted molar refractivity (Wildman–Crippen MR) is 85.5 cm³/mol. The van der Waals surface area contributed by atoms with Crippen molar-refractivity contribution in [3.63, 3.8) is 0 Å². The number of phenolic OH excluding ortho intramolecular Hbond substituents is 1. The van der Waals surface area contributed by atoms with E-state index in [0.717, 1.165) is 0 Å². The van der Waals surface area contributed by atoms with Crippen LogP contribution in [0.2, 0.25) is 0 Å². The fourth-order valence-corrected chi connectivity index (χ4v) is 2.06. The molecule has 0 aliphatic carbocycles. The van der Waals surface area contributed by atoms with Crippen LogP contribution in [0.5, 0.6) is 11.5 Å². The summed E-state index contributed by atoms with van der Waals surface area (Å²) < 4.78 is 10.2. The highest BCUT2D eigenvalue weighted by Crippen LogP contribution is 2.32. The first-order valence-corrected chi connectivity index (χ1v) is 7.02.